The Hall–Kier alpha value is -6.22. The molecule has 8 aromatic carbocycles. The molecule has 51 heavy (non-hydrogen) atoms. The fraction of sp³-hybridized carbons (Fsp3) is 0.0204. The van der Waals surface area contributed by atoms with Gasteiger partial charge >= 0.3 is 0 Å². The summed E-state index contributed by atoms with van der Waals surface area (Å²) < 4.78 is 2.59. The van der Waals surface area contributed by atoms with Gasteiger partial charge < -0.3 is 4.90 Å². The lowest BCUT2D eigenvalue weighted by Crippen LogP contribution is -2.10. The molecule has 0 spiro atoms. The highest BCUT2D eigenvalue weighted by atomic mass is 32.1. The van der Waals surface area contributed by atoms with Gasteiger partial charge in [-0.15, -0.1) is 11.3 Å². The monoisotopic (exact) mass is 669 g/mol. The van der Waals surface area contributed by atoms with Crippen molar-refractivity contribution in [2.75, 3.05) is 4.90 Å². The first kappa shape index (κ1) is 30.8. The van der Waals surface area contributed by atoms with Gasteiger partial charge in [0.1, 0.15) is 0 Å². The van der Waals surface area contributed by atoms with Gasteiger partial charge in [-0.3, -0.25) is 0 Å². The number of hydrogen-bond donors (Lipinski definition) is 0. The van der Waals surface area contributed by atoms with Crippen LogP contribution in [0.5, 0.6) is 0 Å². The predicted octanol–water partition coefficient (Wildman–Crippen LogP) is 14.5. The molecule has 1 nitrogen and oxygen atoms in total. The Morgan fingerprint density at radius 1 is 0.353 bits per heavy atom. The zero-order valence-electron chi connectivity index (χ0n) is 28.3. The molecule has 242 valence electrons. The highest BCUT2D eigenvalue weighted by molar-refractivity contribution is 7.26. The molecule has 0 atom stereocenters. The van der Waals surface area contributed by atoms with E-state index < -0.39 is 0 Å². The van der Waals surface area contributed by atoms with Crippen molar-refractivity contribution in [3.05, 3.63) is 200 Å². The van der Waals surface area contributed by atoms with E-state index in [0.717, 1.165) is 11.4 Å². The van der Waals surface area contributed by atoms with Crippen molar-refractivity contribution in [3.8, 4) is 44.5 Å². The summed E-state index contributed by atoms with van der Waals surface area (Å²) in [7, 11) is 0. The van der Waals surface area contributed by atoms with Crippen molar-refractivity contribution >= 4 is 48.6 Å². The number of hydrogen-bond acceptors (Lipinski definition) is 2. The van der Waals surface area contributed by atoms with Crippen LogP contribution in [0.15, 0.2) is 194 Å². The van der Waals surface area contributed by atoms with Gasteiger partial charge in [0.05, 0.1) is 5.69 Å². The fourth-order valence-electron chi connectivity index (χ4n) is 7.40. The second-order valence-corrected chi connectivity index (χ2v) is 14.0. The zero-order chi connectivity index (χ0) is 34.1. The Morgan fingerprint density at radius 3 is 1.45 bits per heavy atom. The van der Waals surface area contributed by atoms with Crippen LogP contribution in [0.1, 0.15) is 5.56 Å². The third kappa shape index (κ3) is 5.70. The Kier molecular flexibility index (Phi) is 8.00. The van der Waals surface area contributed by atoms with Crippen molar-refractivity contribution in [2.24, 2.45) is 0 Å². The second-order valence-electron chi connectivity index (χ2n) is 12.9. The van der Waals surface area contributed by atoms with E-state index in [1.54, 1.807) is 0 Å². The van der Waals surface area contributed by atoms with Gasteiger partial charge in [-0.05, 0) is 99.5 Å². The molecule has 0 saturated carbocycles. The third-order valence-corrected chi connectivity index (χ3v) is 11.0. The van der Waals surface area contributed by atoms with Crippen molar-refractivity contribution in [1.29, 1.82) is 0 Å². The Labute approximate surface area is 303 Å². The van der Waals surface area contributed by atoms with Gasteiger partial charge in [-0.1, -0.05) is 152 Å². The van der Waals surface area contributed by atoms with E-state index in [2.05, 4.69) is 206 Å². The molecule has 0 N–H and O–H groups in total. The van der Waals surface area contributed by atoms with Crippen LogP contribution in [0.3, 0.4) is 0 Å². The molecule has 0 saturated heterocycles. The SMILES string of the molecule is Cc1ccccc1-c1ccccc1-c1ccc(N(c2ccc(-c3ccccc3-c3ccccc3)cc2)c2cccc3sc4ccccc4c23)cc1. The smallest absolute Gasteiger partial charge is 0.0554 e. The summed E-state index contributed by atoms with van der Waals surface area (Å²) in [6, 6.07) is 70.4. The van der Waals surface area contributed by atoms with Crippen LogP contribution in [0, 0.1) is 6.92 Å². The summed E-state index contributed by atoms with van der Waals surface area (Å²) in [6.07, 6.45) is 0. The molecule has 0 aliphatic heterocycles. The normalized spacial score (nSPS) is 11.2. The van der Waals surface area contributed by atoms with E-state index in [4.69, 9.17) is 0 Å². The van der Waals surface area contributed by atoms with Gasteiger partial charge in [-0.2, -0.15) is 0 Å². The van der Waals surface area contributed by atoms with E-state index in [-0.39, 0.29) is 0 Å². The van der Waals surface area contributed by atoms with E-state index in [0.29, 0.717) is 0 Å². The van der Waals surface area contributed by atoms with Crippen molar-refractivity contribution in [3.63, 3.8) is 0 Å². The number of aryl methyl sites for hydroxylation is 1. The third-order valence-electron chi connectivity index (χ3n) is 9.87. The Bertz CT molecular complexity index is 2630. The largest absolute Gasteiger partial charge is 0.310 e. The lowest BCUT2D eigenvalue weighted by molar-refractivity contribution is 1.30. The van der Waals surface area contributed by atoms with Crippen LogP contribution in [0.4, 0.5) is 17.1 Å². The topological polar surface area (TPSA) is 3.24 Å². The van der Waals surface area contributed by atoms with Crippen LogP contribution < -0.4 is 4.90 Å². The summed E-state index contributed by atoms with van der Waals surface area (Å²) in [5, 5.41) is 2.57. The summed E-state index contributed by atoms with van der Waals surface area (Å²) in [5.74, 6) is 0. The molecule has 2 heteroatoms. The summed E-state index contributed by atoms with van der Waals surface area (Å²) >= 11 is 1.86. The lowest BCUT2D eigenvalue weighted by Gasteiger charge is -2.27. The minimum Gasteiger partial charge on any atom is -0.310 e. The van der Waals surface area contributed by atoms with Crippen LogP contribution in [-0.4, -0.2) is 0 Å². The van der Waals surface area contributed by atoms with Gasteiger partial charge in [0, 0.05) is 31.5 Å². The predicted molar refractivity (Wildman–Crippen MR) is 220 cm³/mol. The quantitative estimate of drug-likeness (QED) is 0.163. The maximum atomic E-state index is 2.42. The van der Waals surface area contributed by atoms with E-state index in [1.165, 1.54) is 75.9 Å². The van der Waals surface area contributed by atoms with Gasteiger partial charge in [0.25, 0.3) is 0 Å². The molecule has 0 aliphatic carbocycles. The van der Waals surface area contributed by atoms with Gasteiger partial charge in [-0.25, -0.2) is 0 Å². The van der Waals surface area contributed by atoms with Crippen LogP contribution in [0.2, 0.25) is 0 Å². The Morgan fingerprint density at radius 2 is 0.824 bits per heavy atom. The van der Waals surface area contributed by atoms with Crippen molar-refractivity contribution in [2.45, 2.75) is 6.92 Å². The van der Waals surface area contributed by atoms with Crippen LogP contribution in [0.25, 0.3) is 64.7 Å². The first-order chi connectivity index (χ1) is 25.2. The minimum absolute atomic E-state index is 1.12. The molecule has 0 bridgehead atoms. The molecule has 9 aromatic rings. The fourth-order valence-corrected chi connectivity index (χ4v) is 8.53. The van der Waals surface area contributed by atoms with Crippen molar-refractivity contribution < 1.29 is 0 Å². The van der Waals surface area contributed by atoms with E-state index in [9.17, 15) is 0 Å². The molecule has 9 rings (SSSR count). The molecule has 1 aromatic heterocycles. The average molecular weight is 670 g/mol. The summed E-state index contributed by atoms with van der Waals surface area (Å²) in [6.45, 7) is 2.19. The maximum Gasteiger partial charge on any atom is 0.0554 e. The molecule has 1 heterocycles. The van der Waals surface area contributed by atoms with Crippen molar-refractivity contribution in [1.82, 2.24) is 0 Å². The minimum atomic E-state index is 1.12. The molecule has 0 radical (unpaired) electrons. The molecule has 0 fully saturated rings. The average Bonchev–Trinajstić information content (AvgIpc) is 3.59. The highest BCUT2D eigenvalue weighted by Gasteiger charge is 2.19. The van der Waals surface area contributed by atoms with E-state index >= 15 is 0 Å². The number of benzene rings is 8. The molecule has 0 unspecified atom stereocenters. The second kappa shape index (κ2) is 13.2. The first-order valence-electron chi connectivity index (χ1n) is 17.4. The number of rotatable bonds is 7. The van der Waals surface area contributed by atoms with Crippen LogP contribution >= 0.6 is 11.3 Å². The number of nitrogens with zero attached hydrogens (tertiary/aromatic N) is 1. The molecular formula is C49H35NS. The zero-order valence-corrected chi connectivity index (χ0v) is 29.1. The number of anilines is 3. The number of thiophene rings is 1. The van der Waals surface area contributed by atoms with E-state index in [1.807, 2.05) is 11.3 Å². The molecular weight excluding hydrogens is 635 g/mol. The van der Waals surface area contributed by atoms with Gasteiger partial charge in [0.2, 0.25) is 0 Å². The molecule has 0 aliphatic rings. The first-order valence-corrected chi connectivity index (χ1v) is 18.3. The lowest BCUT2D eigenvalue weighted by atomic mass is 9.92. The Balaban J connectivity index is 1.18. The highest BCUT2D eigenvalue weighted by Crippen LogP contribution is 2.46. The summed E-state index contributed by atoms with van der Waals surface area (Å²) in [4.78, 5) is 2.42. The standard InChI is InChI=1S/C49H35NS/c1-34-14-5-6-17-40(34)44-21-10-9-20-43(44)37-28-32-39(33-29-37)50(46-23-13-25-48-49(46)45-22-11-12-24-47(45)51-48)38-30-26-36(27-31-38)42-19-8-7-18-41(42)35-15-3-2-4-16-35/h2-33H,1H3. The van der Waals surface area contributed by atoms with Gasteiger partial charge in [0.15, 0.2) is 0 Å². The van der Waals surface area contributed by atoms with Crippen LogP contribution in [-0.2, 0) is 0 Å². The maximum absolute atomic E-state index is 2.42. The summed E-state index contributed by atoms with van der Waals surface area (Å²) in [5.41, 5.74) is 14.5. The molecule has 0 amide bonds. The number of fused-ring (bicyclic) bond motifs is 3.